The Kier molecular flexibility index (Phi) is 5.70. The molecule has 0 radical (unpaired) electrons. The number of nitrogens with one attached hydrogen (secondary N) is 1. The number of carbonyl (C=O) groups is 1. The minimum Gasteiger partial charge on any atom is -0.489 e. The molecule has 1 aliphatic heterocycles. The molecule has 1 saturated heterocycles. The highest BCUT2D eigenvalue weighted by Crippen LogP contribution is 2.18. The topological polar surface area (TPSA) is 61.8 Å². The molecule has 2 amide bonds. The van der Waals surface area contributed by atoms with Crippen LogP contribution in [0, 0.1) is 0 Å². The van der Waals surface area contributed by atoms with Gasteiger partial charge in [-0.25, -0.2) is 4.79 Å². The summed E-state index contributed by atoms with van der Waals surface area (Å²) in [6, 6.07) is 7.00. The summed E-state index contributed by atoms with van der Waals surface area (Å²) < 4.78 is 5.69. The van der Waals surface area contributed by atoms with E-state index < -0.39 is 6.10 Å². The minimum atomic E-state index is -0.412. The van der Waals surface area contributed by atoms with Crippen molar-refractivity contribution < 1.29 is 14.6 Å². The second kappa shape index (κ2) is 7.52. The third-order valence-corrected chi connectivity index (χ3v) is 3.59. The smallest absolute Gasteiger partial charge is 0.317 e. The van der Waals surface area contributed by atoms with Gasteiger partial charge in [0.25, 0.3) is 0 Å². The molecule has 0 aromatic heterocycles. The predicted octanol–water partition coefficient (Wildman–Crippen LogP) is 2.27. The number of urea groups is 1. The van der Waals surface area contributed by atoms with Crippen LogP contribution >= 0.6 is 11.6 Å². The van der Waals surface area contributed by atoms with Crippen LogP contribution in [0.5, 0.6) is 5.75 Å². The number of hydrogen-bond donors (Lipinski definition) is 2. The van der Waals surface area contributed by atoms with Crippen molar-refractivity contribution in [3.05, 3.63) is 29.3 Å². The molecule has 2 atom stereocenters. The standard InChI is InChI=1S/C15H21ClN2O3/c1-11(21-14-6-2-4-12(16)8-14)9-17-15(20)18-7-3-5-13(19)10-18/h2,4,6,8,11,13,19H,3,5,7,9-10H2,1H3,(H,17,20)/t11-,13+/m1/s1. The fourth-order valence-corrected chi connectivity index (χ4v) is 2.48. The van der Waals surface area contributed by atoms with E-state index in [0.717, 1.165) is 12.8 Å². The average Bonchev–Trinajstić information content (AvgIpc) is 2.45. The first-order valence-electron chi connectivity index (χ1n) is 7.17. The molecular weight excluding hydrogens is 292 g/mol. The lowest BCUT2D eigenvalue weighted by Crippen LogP contribution is -2.48. The Morgan fingerprint density at radius 2 is 2.43 bits per heavy atom. The lowest BCUT2D eigenvalue weighted by Gasteiger charge is -2.30. The molecule has 0 aliphatic carbocycles. The van der Waals surface area contributed by atoms with Crippen LogP contribution in [-0.4, -0.2) is 47.9 Å². The van der Waals surface area contributed by atoms with E-state index in [4.69, 9.17) is 16.3 Å². The summed E-state index contributed by atoms with van der Waals surface area (Å²) in [7, 11) is 0. The van der Waals surface area contributed by atoms with Gasteiger partial charge in [-0.05, 0) is 38.0 Å². The number of nitrogens with zero attached hydrogens (tertiary/aromatic N) is 1. The lowest BCUT2D eigenvalue weighted by atomic mass is 10.1. The summed E-state index contributed by atoms with van der Waals surface area (Å²) in [5, 5.41) is 13.0. The molecule has 6 heteroatoms. The van der Waals surface area contributed by atoms with Crippen molar-refractivity contribution in [3.8, 4) is 5.75 Å². The van der Waals surface area contributed by atoms with Gasteiger partial charge in [-0.3, -0.25) is 0 Å². The van der Waals surface area contributed by atoms with Gasteiger partial charge in [0.2, 0.25) is 0 Å². The highest BCUT2D eigenvalue weighted by molar-refractivity contribution is 6.30. The van der Waals surface area contributed by atoms with Gasteiger partial charge in [0.05, 0.1) is 12.6 Å². The van der Waals surface area contributed by atoms with Gasteiger partial charge in [-0.1, -0.05) is 17.7 Å². The summed E-state index contributed by atoms with van der Waals surface area (Å²) in [6.45, 7) is 3.37. The van der Waals surface area contributed by atoms with Crippen LogP contribution in [-0.2, 0) is 0 Å². The van der Waals surface area contributed by atoms with Crippen LogP contribution in [0.1, 0.15) is 19.8 Å². The van der Waals surface area contributed by atoms with Crippen molar-refractivity contribution in [3.63, 3.8) is 0 Å². The summed E-state index contributed by atoms with van der Waals surface area (Å²) in [4.78, 5) is 13.6. The van der Waals surface area contributed by atoms with Gasteiger partial charge in [0.1, 0.15) is 11.9 Å². The van der Waals surface area contributed by atoms with Crippen LogP contribution < -0.4 is 10.1 Å². The van der Waals surface area contributed by atoms with Crippen molar-refractivity contribution in [2.24, 2.45) is 0 Å². The van der Waals surface area contributed by atoms with Crippen LogP contribution in [0.4, 0.5) is 4.79 Å². The Hall–Kier alpha value is -1.46. The number of ether oxygens (including phenoxy) is 1. The number of β-amino-alcohol motifs (C(OH)–C–C–N with tert-alkyl or cyclic N) is 1. The first kappa shape index (κ1) is 15.9. The Morgan fingerprint density at radius 3 is 3.14 bits per heavy atom. The number of amides is 2. The zero-order chi connectivity index (χ0) is 15.2. The van der Waals surface area contributed by atoms with E-state index in [1.165, 1.54) is 0 Å². The van der Waals surface area contributed by atoms with Crippen LogP contribution in [0.15, 0.2) is 24.3 Å². The van der Waals surface area contributed by atoms with E-state index in [1.807, 2.05) is 19.1 Å². The molecule has 1 fully saturated rings. The molecule has 0 spiro atoms. The number of piperidine rings is 1. The second-order valence-electron chi connectivity index (χ2n) is 5.31. The minimum absolute atomic E-state index is 0.157. The van der Waals surface area contributed by atoms with Gasteiger partial charge in [-0.2, -0.15) is 0 Å². The predicted molar refractivity (Wildman–Crippen MR) is 81.8 cm³/mol. The molecular formula is C15H21ClN2O3. The van der Waals surface area contributed by atoms with E-state index in [2.05, 4.69) is 5.32 Å². The summed E-state index contributed by atoms with van der Waals surface area (Å²) >= 11 is 5.89. The lowest BCUT2D eigenvalue weighted by molar-refractivity contribution is 0.0832. The van der Waals surface area contributed by atoms with E-state index in [1.54, 1.807) is 17.0 Å². The third-order valence-electron chi connectivity index (χ3n) is 3.36. The summed E-state index contributed by atoms with van der Waals surface area (Å²) in [5.74, 6) is 0.678. The Bertz CT molecular complexity index is 484. The maximum Gasteiger partial charge on any atom is 0.317 e. The van der Waals surface area contributed by atoms with E-state index in [-0.39, 0.29) is 12.1 Å². The average molecular weight is 313 g/mol. The van der Waals surface area contributed by atoms with Crippen molar-refractivity contribution in [1.29, 1.82) is 0 Å². The first-order chi connectivity index (χ1) is 10.0. The largest absolute Gasteiger partial charge is 0.489 e. The second-order valence-corrected chi connectivity index (χ2v) is 5.75. The maximum atomic E-state index is 12.0. The quantitative estimate of drug-likeness (QED) is 0.896. The van der Waals surface area contributed by atoms with Crippen molar-refractivity contribution >= 4 is 17.6 Å². The zero-order valence-corrected chi connectivity index (χ0v) is 12.8. The molecule has 1 aromatic carbocycles. The van der Waals surface area contributed by atoms with Crippen molar-refractivity contribution in [1.82, 2.24) is 10.2 Å². The molecule has 1 aromatic rings. The van der Waals surface area contributed by atoms with Gasteiger partial charge >= 0.3 is 6.03 Å². The monoisotopic (exact) mass is 312 g/mol. The fraction of sp³-hybridized carbons (Fsp3) is 0.533. The molecule has 0 unspecified atom stereocenters. The SMILES string of the molecule is C[C@H](CNC(=O)N1CCC[C@H](O)C1)Oc1cccc(Cl)c1. The molecule has 1 heterocycles. The molecule has 2 N–H and O–H groups in total. The normalized spacial score (nSPS) is 20.0. The van der Waals surface area contributed by atoms with Crippen LogP contribution in [0.25, 0.3) is 0 Å². The van der Waals surface area contributed by atoms with Gasteiger partial charge in [-0.15, -0.1) is 0 Å². The molecule has 0 saturated carbocycles. The van der Waals surface area contributed by atoms with Gasteiger partial charge < -0.3 is 20.1 Å². The molecule has 116 valence electrons. The number of likely N-dealkylation sites (tertiary alicyclic amines) is 1. The highest BCUT2D eigenvalue weighted by atomic mass is 35.5. The van der Waals surface area contributed by atoms with E-state index in [0.29, 0.717) is 30.4 Å². The number of benzene rings is 1. The zero-order valence-electron chi connectivity index (χ0n) is 12.1. The number of aliphatic hydroxyl groups is 1. The molecule has 21 heavy (non-hydrogen) atoms. The van der Waals surface area contributed by atoms with Gasteiger partial charge in [0, 0.05) is 18.1 Å². The maximum absolute atomic E-state index is 12.0. The number of hydrogen-bond acceptors (Lipinski definition) is 3. The fourth-order valence-electron chi connectivity index (χ4n) is 2.30. The number of aliphatic hydroxyl groups excluding tert-OH is 1. The van der Waals surface area contributed by atoms with Crippen LogP contribution in [0.2, 0.25) is 5.02 Å². The molecule has 2 rings (SSSR count). The highest BCUT2D eigenvalue weighted by Gasteiger charge is 2.22. The van der Waals surface area contributed by atoms with Gasteiger partial charge in [0.15, 0.2) is 0 Å². The molecule has 0 bridgehead atoms. The van der Waals surface area contributed by atoms with E-state index in [9.17, 15) is 9.90 Å². The Labute approximate surface area is 129 Å². The summed E-state index contributed by atoms with van der Waals surface area (Å²) in [5.41, 5.74) is 0. The third kappa shape index (κ3) is 5.10. The Morgan fingerprint density at radius 1 is 1.62 bits per heavy atom. The molecule has 1 aliphatic rings. The van der Waals surface area contributed by atoms with Crippen molar-refractivity contribution in [2.75, 3.05) is 19.6 Å². The number of carbonyl (C=O) groups excluding carboxylic acids is 1. The number of rotatable bonds is 4. The summed E-state index contributed by atoms with van der Waals surface area (Å²) in [6.07, 6.45) is 1.02. The van der Waals surface area contributed by atoms with Crippen LogP contribution in [0.3, 0.4) is 0 Å². The van der Waals surface area contributed by atoms with Crippen molar-refractivity contribution in [2.45, 2.75) is 32.0 Å². The Balaban J connectivity index is 1.75. The number of halogens is 1. The first-order valence-corrected chi connectivity index (χ1v) is 7.55. The molecule has 5 nitrogen and oxygen atoms in total. The van der Waals surface area contributed by atoms with E-state index >= 15 is 0 Å².